The predicted octanol–water partition coefficient (Wildman–Crippen LogP) is 3.63. The van der Waals surface area contributed by atoms with Gasteiger partial charge in [-0.05, 0) is 5.56 Å². The van der Waals surface area contributed by atoms with Crippen molar-refractivity contribution in [3.05, 3.63) is 48.4 Å². The fourth-order valence-corrected chi connectivity index (χ4v) is 2.65. The maximum Gasteiger partial charge on any atom is 0.252 e. The van der Waals surface area contributed by atoms with Crippen LogP contribution in [0.4, 0.5) is 0 Å². The van der Waals surface area contributed by atoms with Crippen LogP contribution in [-0.2, 0) is 20.8 Å². The summed E-state index contributed by atoms with van der Waals surface area (Å²) in [4.78, 5) is 0. The Kier molecular flexibility index (Phi) is 5.31. The first kappa shape index (κ1) is 13.7. The van der Waals surface area contributed by atoms with E-state index in [1.807, 2.05) is 18.2 Å². The van der Waals surface area contributed by atoms with E-state index in [0.29, 0.717) is 13.2 Å². The molecule has 1 aliphatic heterocycles. The lowest BCUT2D eigenvalue weighted by Gasteiger charge is -2.26. The zero-order valence-corrected chi connectivity index (χ0v) is 12.3. The maximum atomic E-state index is 5.66. The van der Waals surface area contributed by atoms with Crippen LogP contribution >= 0.6 is 22.6 Å². The summed E-state index contributed by atoms with van der Waals surface area (Å²) in [6, 6.07) is 10.2. The first-order valence-corrected chi connectivity index (χ1v) is 7.55. The molecule has 4 heteroatoms. The van der Waals surface area contributed by atoms with Crippen molar-refractivity contribution in [3.63, 3.8) is 0 Å². The van der Waals surface area contributed by atoms with Gasteiger partial charge in [-0.1, -0.05) is 52.9 Å². The molecule has 0 saturated heterocycles. The number of alkyl halides is 1. The van der Waals surface area contributed by atoms with Crippen LogP contribution in [0, 0.1) is 0 Å². The highest BCUT2D eigenvalue weighted by molar-refractivity contribution is 14.1. The van der Waals surface area contributed by atoms with Crippen LogP contribution in [-0.4, -0.2) is 16.8 Å². The van der Waals surface area contributed by atoms with Crippen LogP contribution in [0.15, 0.2) is 42.9 Å². The van der Waals surface area contributed by atoms with Crippen molar-refractivity contribution in [1.29, 1.82) is 0 Å². The van der Waals surface area contributed by atoms with Gasteiger partial charge in [-0.2, -0.15) is 0 Å². The van der Waals surface area contributed by atoms with Crippen molar-refractivity contribution < 1.29 is 14.2 Å². The van der Waals surface area contributed by atoms with Gasteiger partial charge in [0.05, 0.1) is 13.2 Å². The molecule has 1 aliphatic rings. The summed E-state index contributed by atoms with van der Waals surface area (Å²) in [6.45, 7) is 1.27. The Morgan fingerprint density at radius 3 is 2.44 bits per heavy atom. The molecule has 98 valence electrons. The van der Waals surface area contributed by atoms with E-state index in [2.05, 4.69) is 34.7 Å². The molecule has 0 saturated carbocycles. The van der Waals surface area contributed by atoms with E-state index in [4.69, 9.17) is 14.2 Å². The third-order valence-electron chi connectivity index (χ3n) is 2.84. The molecule has 0 fully saturated rings. The van der Waals surface area contributed by atoms with E-state index in [0.717, 1.165) is 17.3 Å². The summed E-state index contributed by atoms with van der Waals surface area (Å²) >= 11 is 2.33. The Labute approximate surface area is 121 Å². The average molecular weight is 360 g/mol. The second-order valence-corrected chi connectivity index (χ2v) is 5.22. The van der Waals surface area contributed by atoms with Crippen LogP contribution in [0.1, 0.15) is 18.4 Å². The molecule has 0 aliphatic carbocycles. The van der Waals surface area contributed by atoms with Crippen LogP contribution in [0.25, 0.3) is 0 Å². The van der Waals surface area contributed by atoms with Crippen LogP contribution in [0.2, 0.25) is 0 Å². The summed E-state index contributed by atoms with van der Waals surface area (Å²) in [5, 5.41) is 0. The Bertz CT molecular complexity index is 370. The number of hydrogen-bond donors (Lipinski definition) is 0. The van der Waals surface area contributed by atoms with Crippen molar-refractivity contribution in [3.8, 4) is 0 Å². The SMILES string of the molecule is ICCC1(CCOCc2ccccc2)OC=CO1. The Morgan fingerprint density at radius 1 is 1.06 bits per heavy atom. The van der Waals surface area contributed by atoms with Crippen molar-refractivity contribution in [2.45, 2.75) is 25.2 Å². The molecule has 0 bridgehead atoms. The first-order valence-electron chi connectivity index (χ1n) is 6.03. The minimum atomic E-state index is -0.502. The molecule has 18 heavy (non-hydrogen) atoms. The summed E-state index contributed by atoms with van der Waals surface area (Å²) in [6.07, 6.45) is 4.85. The molecule has 0 atom stereocenters. The number of hydrogen-bond acceptors (Lipinski definition) is 3. The maximum absolute atomic E-state index is 5.66. The molecule has 3 nitrogen and oxygen atoms in total. The van der Waals surface area contributed by atoms with Gasteiger partial charge in [0.15, 0.2) is 0 Å². The largest absolute Gasteiger partial charge is 0.457 e. The molecular formula is C14H17IO3. The van der Waals surface area contributed by atoms with E-state index < -0.39 is 5.79 Å². The predicted molar refractivity (Wildman–Crippen MR) is 78.3 cm³/mol. The van der Waals surface area contributed by atoms with E-state index in [1.165, 1.54) is 5.56 Å². The number of benzene rings is 1. The average Bonchev–Trinajstić information content (AvgIpc) is 2.86. The third kappa shape index (κ3) is 3.88. The molecule has 0 aromatic heterocycles. The number of halogens is 1. The van der Waals surface area contributed by atoms with E-state index in [-0.39, 0.29) is 0 Å². The second kappa shape index (κ2) is 6.99. The molecule has 0 radical (unpaired) electrons. The molecule has 0 amide bonds. The fourth-order valence-electron chi connectivity index (χ4n) is 1.83. The zero-order chi connectivity index (χ0) is 12.7. The summed E-state index contributed by atoms with van der Waals surface area (Å²) < 4.78 is 17.8. The van der Waals surface area contributed by atoms with Crippen molar-refractivity contribution in [2.75, 3.05) is 11.0 Å². The summed E-state index contributed by atoms with van der Waals surface area (Å²) in [5.41, 5.74) is 1.19. The van der Waals surface area contributed by atoms with E-state index >= 15 is 0 Å². The molecule has 0 spiro atoms. The Balaban J connectivity index is 1.71. The van der Waals surface area contributed by atoms with Crippen LogP contribution in [0.5, 0.6) is 0 Å². The molecule has 1 aromatic carbocycles. The van der Waals surface area contributed by atoms with Gasteiger partial charge in [-0.15, -0.1) is 0 Å². The highest BCUT2D eigenvalue weighted by atomic mass is 127. The van der Waals surface area contributed by atoms with Gasteiger partial charge in [-0.25, -0.2) is 0 Å². The van der Waals surface area contributed by atoms with Crippen molar-refractivity contribution in [1.82, 2.24) is 0 Å². The van der Waals surface area contributed by atoms with Crippen LogP contribution in [0.3, 0.4) is 0 Å². The number of rotatable bonds is 7. The van der Waals surface area contributed by atoms with Gasteiger partial charge in [0.2, 0.25) is 0 Å². The highest BCUT2D eigenvalue weighted by Gasteiger charge is 2.34. The lowest BCUT2D eigenvalue weighted by atomic mass is 10.1. The zero-order valence-electron chi connectivity index (χ0n) is 10.2. The monoisotopic (exact) mass is 360 g/mol. The van der Waals surface area contributed by atoms with Crippen molar-refractivity contribution >= 4 is 22.6 Å². The van der Waals surface area contributed by atoms with E-state index in [9.17, 15) is 0 Å². The molecule has 1 aromatic rings. The summed E-state index contributed by atoms with van der Waals surface area (Å²) in [5.74, 6) is -0.502. The Morgan fingerprint density at radius 2 is 1.78 bits per heavy atom. The minimum Gasteiger partial charge on any atom is -0.457 e. The normalized spacial score (nSPS) is 16.3. The minimum absolute atomic E-state index is 0.502. The van der Waals surface area contributed by atoms with Crippen LogP contribution < -0.4 is 0 Å². The quantitative estimate of drug-likeness (QED) is 0.422. The van der Waals surface area contributed by atoms with Gasteiger partial charge in [-0.3, -0.25) is 0 Å². The second-order valence-electron chi connectivity index (χ2n) is 4.15. The first-order chi connectivity index (χ1) is 8.85. The summed E-state index contributed by atoms with van der Waals surface area (Å²) in [7, 11) is 0. The lowest BCUT2D eigenvalue weighted by molar-refractivity contribution is -0.156. The molecule has 2 rings (SSSR count). The molecule has 1 heterocycles. The molecular weight excluding hydrogens is 343 g/mol. The van der Waals surface area contributed by atoms with E-state index in [1.54, 1.807) is 12.5 Å². The number of ether oxygens (including phenoxy) is 3. The van der Waals surface area contributed by atoms with Gasteiger partial charge >= 0.3 is 0 Å². The van der Waals surface area contributed by atoms with Gasteiger partial charge in [0.1, 0.15) is 12.5 Å². The van der Waals surface area contributed by atoms with Gasteiger partial charge < -0.3 is 14.2 Å². The molecule has 0 N–H and O–H groups in total. The van der Waals surface area contributed by atoms with Crippen molar-refractivity contribution in [2.24, 2.45) is 0 Å². The smallest absolute Gasteiger partial charge is 0.252 e. The standard InChI is InChI=1S/C14H17IO3/c15-8-6-14(17-10-11-18-14)7-9-16-12-13-4-2-1-3-5-13/h1-5,10-11H,6-9,12H2. The highest BCUT2D eigenvalue weighted by Crippen LogP contribution is 2.28. The van der Waals surface area contributed by atoms with Gasteiger partial charge in [0, 0.05) is 17.3 Å². The topological polar surface area (TPSA) is 27.7 Å². The van der Waals surface area contributed by atoms with Gasteiger partial charge in [0.25, 0.3) is 5.79 Å². The third-order valence-corrected chi connectivity index (χ3v) is 3.37. The molecule has 0 unspecified atom stereocenters. The fraction of sp³-hybridized carbons (Fsp3) is 0.429. The Hall–Kier alpha value is -0.750. The lowest BCUT2D eigenvalue weighted by Crippen LogP contribution is -2.32.